The molecule has 0 atom stereocenters. The molecule has 0 aliphatic rings. The number of fused-ring (bicyclic) bond motifs is 1. The minimum Gasteiger partial charge on any atom is -0.383 e. The van der Waals surface area contributed by atoms with E-state index in [1.54, 1.807) is 0 Å². The molecule has 1 amide bonds. The van der Waals surface area contributed by atoms with E-state index in [2.05, 4.69) is 10.3 Å². The van der Waals surface area contributed by atoms with Gasteiger partial charge in [0.25, 0.3) is 0 Å². The van der Waals surface area contributed by atoms with Gasteiger partial charge >= 0.3 is 0 Å². The molecule has 0 aliphatic heterocycles. The molecule has 0 aliphatic carbocycles. The molecule has 0 saturated heterocycles. The van der Waals surface area contributed by atoms with Crippen molar-refractivity contribution in [1.29, 1.82) is 0 Å². The Morgan fingerprint density at radius 1 is 1.48 bits per heavy atom. The number of aromatic nitrogens is 2. The molecule has 2 rings (SSSR count). The van der Waals surface area contributed by atoms with Gasteiger partial charge in [0, 0.05) is 26.6 Å². The second kappa shape index (κ2) is 6.77. The Morgan fingerprint density at radius 3 is 2.95 bits per heavy atom. The Kier molecular flexibility index (Phi) is 5.03. The quantitative estimate of drug-likeness (QED) is 0.634. The van der Waals surface area contributed by atoms with Crippen LogP contribution in [-0.4, -0.2) is 35.7 Å². The lowest BCUT2D eigenvalue weighted by Crippen LogP contribution is -2.27. The number of H-pyrrole nitrogens is 1. The molecule has 0 spiro atoms. The highest BCUT2D eigenvalue weighted by Gasteiger charge is 2.14. The van der Waals surface area contributed by atoms with Crippen LogP contribution in [0.1, 0.15) is 6.42 Å². The van der Waals surface area contributed by atoms with Gasteiger partial charge in [-0.2, -0.15) is 0 Å². The summed E-state index contributed by atoms with van der Waals surface area (Å²) in [5.41, 5.74) is 0.448. The number of hydrogen-bond acceptors (Lipinski definition) is 3. The maximum Gasteiger partial charge on any atom is 0.221 e. The third kappa shape index (κ3) is 3.45. The first-order valence-corrected chi connectivity index (χ1v) is 6.77. The van der Waals surface area contributed by atoms with Gasteiger partial charge in [0.1, 0.15) is 5.52 Å². The maximum absolute atomic E-state index is 13.9. The van der Waals surface area contributed by atoms with Gasteiger partial charge < -0.3 is 19.6 Å². The van der Waals surface area contributed by atoms with E-state index in [1.807, 2.05) is 0 Å². The summed E-state index contributed by atoms with van der Waals surface area (Å²) in [6.07, 6.45) is 0.112. The number of benzene rings is 1. The summed E-state index contributed by atoms with van der Waals surface area (Å²) in [5.74, 6) is -2.13. The van der Waals surface area contributed by atoms with Crippen molar-refractivity contribution in [3.63, 3.8) is 0 Å². The van der Waals surface area contributed by atoms with E-state index in [9.17, 15) is 13.6 Å². The molecule has 1 aromatic heterocycles. The van der Waals surface area contributed by atoms with Crippen LogP contribution in [-0.2, 0) is 16.1 Å². The molecule has 0 saturated carbocycles. The zero-order chi connectivity index (χ0) is 15.4. The Balaban J connectivity index is 2.15. The van der Waals surface area contributed by atoms with Gasteiger partial charge in [0.2, 0.25) is 5.91 Å². The van der Waals surface area contributed by atoms with Gasteiger partial charge in [-0.25, -0.2) is 8.78 Å². The van der Waals surface area contributed by atoms with E-state index in [4.69, 9.17) is 17.0 Å². The minimum atomic E-state index is -0.973. The standard InChI is InChI=1S/C13H15F2N3O2S/c1-20-7-5-16-10(19)4-6-18-12-9(17-13(18)21)3-2-8(14)11(12)15/h2-3H,4-7H2,1H3,(H,16,19)(H,17,21). The molecule has 5 nitrogen and oxygen atoms in total. The minimum absolute atomic E-state index is 0.0460. The highest BCUT2D eigenvalue weighted by atomic mass is 32.1. The molecule has 8 heteroatoms. The molecule has 2 N–H and O–H groups in total. The number of halogens is 2. The van der Waals surface area contributed by atoms with Crippen molar-refractivity contribution in [3.8, 4) is 0 Å². The highest BCUT2D eigenvalue weighted by Crippen LogP contribution is 2.20. The fourth-order valence-electron chi connectivity index (χ4n) is 2.00. The van der Waals surface area contributed by atoms with Gasteiger partial charge in [-0.05, 0) is 24.4 Å². The molecule has 0 radical (unpaired) electrons. The normalized spacial score (nSPS) is 11.0. The summed E-state index contributed by atoms with van der Waals surface area (Å²) in [6, 6.07) is 2.45. The van der Waals surface area contributed by atoms with Gasteiger partial charge in [-0.1, -0.05) is 0 Å². The summed E-state index contributed by atoms with van der Waals surface area (Å²) >= 11 is 5.08. The van der Waals surface area contributed by atoms with Crippen LogP contribution in [0.5, 0.6) is 0 Å². The van der Waals surface area contributed by atoms with Crippen LogP contribution in [0.15, 0.2) is 12.1 Å². The predicted octanol–water partition coefficient (Wildman–Crippen LogP) is 2.13. The zero-order valence-corrected chi connectivity index (χ0v) is 12.2. The molecule has 0 fully saturated rings. The van der Waals surface area contributed by atoms with Crippen molar-refractivity contribution in [2.75, 3.05) is 20.3 Å². The Bertz CT molecular complexity index is 711. The van der Waals surface area contributed by atoms with Crippen molar-refractivity contribution in [1.82, 2.24) is 14.9 Å². The first-order chi connectivity index (χ1) is 10.0. The second-order valence-corrected chi connectivity index (χ2v) is 4.82. The van der Waals surface area contributed by atoms with Gasteiger partial charge in [0.05, 0.1) is 12.1 Å². The topological polar surface area (TPSA) is 59.0 Å². The van der Waals surface area contributed by atoms with Crippen molar-refractivity contribution >= 4 is 29.2 Å². The number of ether oxygens (including phenoxy) is 1. The number of amides is 1. The van der Waals surface area contributed by atoms with Crippen LogP contribution in [0.4, 0.5) is 8.78 Å². The number of methoxy groups -OCH3 is 1. The van der Waals surface area contributed by atoms with Crippen molar-refractivity contribution in [3.05, 3.63) is 28.5 Å². The van der Waals surface area contributed by atoms with Crippen molar-refractivity contribution < 1.29 is 18.3 Å². The molecule has 2 aromatic rings. The Labute approximate surface area is 124 Å². The zero-order valence-electron chi connectivity index (χ0n) is 11.4. The summed E-state index contributed by atoms with van der Waals surface area (Å²) in [7, 11) is 1.54. The van der Waals surface area contributed by atoms with Crippen LogP contribution in [0.3, 0.4) is 0 Å². The SMILES string of the molecule is COCCNC(=O)CCn1c(=S)[nH]c2ccc(F)c(F)c21. The van der Waals surface area contributed by atoms with Crippen LogP contribution in [0.25, 0.3) is 11.0 Å². The third-order valence-corrected chi connectivity index (χ3v) is 3.34. The molecule has 0 unspecified atom stereocenters. The van der Waals surface area contributed by atoms with Crippen molar-refractivity contribution in [2.24, 2.45) is 0 Å². The maximum atomic E-state index is 13.9. The van der Waals surface area contributed by atoms with Gasteiger partial charge in [0.15, 0.2) is 16.4 Å². The molecule has 1 heterocycles. The fraction of sp³-hybridized carbons (Fsp3) is 0.385. The average Bonchev–Trinajstić information content (AvgIpc) is 2.77. The summed E-state index contributed by atoms with van der Waals surface area (Å²) in [4.78, 5) is 14.4. The summed E-state index contributed by atoms with van der Waals surface area (Å²) < 4.78 is 33.6. The molecular formula is C13H15F2N3O2S. The van der Waals surface area contributed by atoms with Crippen LogP contribution >= 0.6 is 12.2 Å². The lowest BCUT2D eigenvalue weighted by molar-refractivity contribution is -0.121. The van der Waals surface area contributed by atoms with E-state index >= 15 is 0 Å². The molecule has 1 aromatic carbocycles. The Morgan fingerprint density at radius 2 is 2.24 bits per heavy atom. The first-order valence-electron chi connectivity index (χ1n) is 6.36. The van der Waals surface area contributed by atoms with Gasteiger partial charge in [-0.3, -0.25) is 4.79 Å². The number of aryl methyl sites for hydroxylation is 1. The molecule has 114 valence electrons. The number of nitrogens with zero attached hydrogens (tertiary/aromatic N) is 1. The number of imidazole rings is 1. The number of carbonyl (C=O) groups is 1. The summed E-state index contributed by atoms with van der Waals surface area (Å²) in [5, 5.41) is 2.65. The van der Waals surface area contributed by atoms with E-state index in [0.717, 1.165) is 6.07 Å². The monoisotopic (exact) mass is 315 g/mol. The van der Waals surface area contributed by atoms with Crippen molar-refractivity contribution in [2.45, 2.75) is 13.0 Å². The predicted molar refractivity (Wildman–Crippen MR) is 76.5 cm³/mol. The average molecular weight is 315 g/mol. The third-order valence-electron chi connectivity index (χ3n) is 3.02. The fourth-order valence-corrected chi connectivity index (χ4v) is 2.29. The molecule has 0 bridgehead atoms. The smallest absolute Gasteiger partial charge is 0.221 e. The second-order valence-electron chi connectivity index (χ2n) is 4.43. The lowest BCUT2D eigenvalue weighted by Gasteiger charge is -2.07. The highest BCUT2D eigenvalue weighted by molar-refractivity contribution is 7.71. The first kappa shape index (κ1) is 15.6. The number of hydrogen-bond donors (Lipinski definition) is 2. The molecule has 21 heavy (non-hydrogen) atoms. The lowest BCUT2D eigenvalue weighted by atomic mass is 10.3. The van der Waals surface area contributed by atoms with Crippen LogP contribution in [0.2, 0.25) is 0 Å². The number of carbonyl (C=O) groups excluding carboxylic acids is 1. The summed E-state index contributed by atoms with van der Waals surface area (Å²) in [6.45, 7) is 0.980. The van der Waals surface area contributed by atoms with E-state index in [0.29, 0.717) is 18.7 Å². The van der Waals surface area contributed by atoms with E-state index in [1.165, 1.54) is 17.7 Å². The van der Waals surface area contributed by atoms with Gasteiger partial charge in [-0.15, -0.1) is 0 Å². The number of aromatic amines is 1. The number of rotatable bonds is 6. The number of nitrogens with one attached hydrogen (secondary N) is 2. The molecular weight excluding hydrogens is 300 g/mol. The van der Waals surface area contributed by atoms with E-state index < -0.39 is 11.6 Å². The Hall–Kier alpha value is -1.80. The van der Waals surface area contributed by atoms with E-state index in [-0.39, 0.29) is 29.2 Å². The van der Waals surface area contributed by atoms with Crippen LogP contribution in [0, 0.1) is 16.4 Å². The largest absolute Gasteiger partial charge is 0.383 e. The van der Waals surface area contributed by atoms with Crippen LogP contribution < -0.4 is 5.32 Å².